The summed E-state index contributed by atoms with van der Waals surface area (Å²) in [6.45, 7) is 1.60. The van der Waals surface area contributed by atoms with Crippen LogP contribution in [0.25, 0.3) is 5.76 Å². The second-order valence-electron chi connectivity index (χ2n) is 3.27. The molecular weight excluding hydrogens is 221 g/mol. The van der Waals surface area contributed by atoms with E-state index in [0.717, 1.165) is 6.07 Å². The maximum absolute atomic E-state index is 12.6. The summed E-state index contributed by atoms with van der Waals surface area (Å²) in [4.78, 5) is 11.3. The Morgan fingerprint density at radius 2 is 2.00 bits per heavy atom. The number of hydrogen-bond acceptors (Lipinski definition) is 2. The van der Waals surface area contributed by atoms with Crippen LogP contribution in [0.15, 0.2) is 24.3 Å². The highest BCUT2D eigenvalue weighted by Crippen LogP contribution is 2.39. The summed E-state index contributed by atoms with van der Waals surface area (Å²) in [6.07, 6.45) is -3.09. The van der Waals surface area contributed by atoms with E-state index in [4.69, 9.17) is 4.74 Å². The van der Waals surface area contributed by atoms with Gasteiger partial charge in [-0.1, -0.05) is 12.1 Å². The zero-order chi connectivity index (χ0) is 11.9. The maximum atomic E-state index is 12.6. The number of rotatable bonds is 0. The zero-order valence-corrected chi connectivity index (χ0v) is 8.26. The summed E-state index contributed by atoms with van der Waals surface area (Å²) in [7, 11) is 0. The Labute approximate surface area is 89.3 Å². The van der Waals surface area contributed by atoms with Gasteiger partial charge in [0.2, 0.25) is 0 Å². The molecule has 0 fully saturated rings. The van der Waals surface area contributed by atoms with Crippen molar-refractivity contribution in [2.24, 2.45) is 0 Å². The highest BCUT2D eigenvalue weighted by Gasteiger charge is 2.40. The molecular formula is C11H7F3O2. The normalized spacial score (nSPS) is 17.5. The van der Waals surface area contributed by atoms with Crippen LogP contribution in [0.3, 0.4) is 0 Å². The van der Waals surface area contributed by atoms with Crippen LogP contribution in [0.1, 0.15) is 28.4 Å². The molecule has 0 spiro atoms. The van der Waals surface area contributed by atoms with Crippen molar-refractivity contribution in [3.8, 4) is 0 Å². The molecule has 0 aliphatic carbocycles. The van der Waals surface area contributed by atoms with Crippen LogP contribution in [0, 0.1) is 0 Å². The Morgan fingerprint density at radius 3 is 2.56 bits per heavy atom. The Morgan fingerprint density at radius 1 is 1.31 bits per heavy atom. The predicted octanol–water partition coefficient (Wildman–Crippen LogP) is 3.24. The van der Waals surface area contributed by atoms with Gasteiger partial charge in [-0.2, -0.15) is 13.2 Å². The Bertz CT molecular complexity index is 486. The molecule has 0 atom stereocenters. The van der Waals surface area contributed by atoms with E-state index in [-0.39, 0.29) is 11.3 Å². The number of halogens is 3. The highest BCUT2D eigenvalue weighted by molar-refractivity contribution is 6.04. The van der Waals surface area contributed by atoms with Gasteiger partial charge >= 0.3 is 12.1 Å². The topological polar surface area (TPSA) is 26.3 Å². The molecule has 1 aromatic carbocycles. The van der Waals surface area contributed by atoms with Gasteiger partial charge in [0, 0.05) is 5.56 Å². The molecule has 0 bridgehead atoms. The Hall–Kier alpha value is -1.78. The highest BCUT2D eigenvalue weighted by atomic mass is 19.4. The second-order valence-corrected chi connectivity index (χ2v) is 3.27. The molecule has 5 heteroatoms. The number of alkyl halides is 3. The quantitative estimate of drug-likeness (QED) is 0.637. The molecule has 2 rings (SSSR count). The van der Waals surface area contributed by atoms with Crippen LogP contribution in [-0.4, -0.2) is 5.97 Å². The molecule has 1 heterocycles. The lowest BCUT2D eigenvalue weighted by atomic mass is 10.0. The summed E-state index contributed by atoms with van der Waals surface area (Å²) in [6, 6.07) is 3.57. The number of carbonyl (C=O) groups excluding carboxylic acids is 1. The van der Waals surface area contributed by atoms with Crippen molar-refractivity contribution in [2.45, 2.75) is 13.1 Å². The molecule has 1 aliphatic heterocycles. The van der Waals surface area contributed by atoms with Crippen molar-refractivity contribution in [1.29, 1.82) is 0 Å². The van der Waals surface area contributed by atoms with Crippen molar-refractivity contribution in [2.75, 3.05) is 0 Å². The van der Waals surface area contributed by atoms with Gasteiger partial charge < -0.3 is 4.74 Å². The van der Waals surface area contributed by atoms with Gasteiger partial charge in [0.1, 0.15) is 5.76 Å². The van der Waals surface area contributed by atoms with Crippen molar-refractivity contribution in [3.63, 3.8) is 0 Å². The SMILES string of the molecule is CC=C1OC(=O)c2c1cccc2C(F)(F)F. The Kier molecular flexibility index (Phi) is 2.26. The van der Waals surface area contributed by atoms with E-state index in [1.54, 1.807) is 6.92 Å². The number of fused-ring (bicyclic) bond motifs is 1. The van der Waals surface area contributed by atoms with E-state index in [9.17, 15) is 18.0 Å². The van der Waals surface area contributed by atoms with Crippen LogP contribution in [0.5, 0.6) is 0 Å². The van der Waals surface area contributed by atoms with Crippen molar-refractivity contribution in [3.05, 3.63) is 41.0 Å². The standard InChI is InChI=1S/C11H7F3O2/c1-2-8-6-4-3-5-7(11(12,13)14)9(6)10(15)16-8/h2-5H,1H3. The molecule has 0 unspecified atom stereocenters. The molecule has 2 nitrogen and oxygen atoms in total. The van der Waals surface area contributed by atoms with Crippen molar-refractivity contribution in [1.82, 2.24) is 0 Å². The average Bonchev–Trinajstić information content (AvgIpc) is 2.54. The van der Waals surface area contributed by atoms with E-state index in [1.165, 1.54) is 18.2 Å². The minimum Gasteiger partial charge on any atom is -0.423 e. The van der Waals surface area contributed by atoms with Crippen LogP contribution in [0.4, 0.5) is 13.2 Å². The fourth-order valence-corrected chi connectivity index (χ4v) is 1.63. The monoisotopic (exact) mass is 228 g/mol. The molecule has 16 heavy (non-hydrogen) atoms. The number of ether oxygens (including phenoxy) is 1. The third-order valence-electron chi connectivity index (χ3n) is 2.30. The number of cyclic esters (lactones) is 1. The zero-order valence-electron chi connectivity index (χ0n) is 8.26. The fraction of sp³-hybridized carbons (Fsp3) is 0.182. The van der Waals surface area contributed by atoms with E-state index < -0.39 is 23.3 Å². The smallest absolute Gasteiger partial charge is 0.417 e. The molecule has 0 saturated heterocycles. The first-order valence-electron chi connectivity index (χ1n) is 4.54. The van der Waals surface area contributed by atoms with Crippen LogP contribution < -0.4 is 0 Å². The lowest BCUT2D eigenvalue weighted by Crippen LogP contribution is -2.11. The van der Waals surface area contributed by atoms with E-state index in [0.29, 0.717) is 0 Å². The third-order valence-corrected chi connectivity index (χ3v) is 2.30. The summed E-state index contributed by atoms with van der Waals surface area (Å²) in [5.74, 6) is -0.776. The molecule has 0 radical (unpaired) electrons. The molecule has 0 amide bonds. The molecule has 0 aromatic heterocycles. The number of esters is 1. The number of allylic oxidation sites excluding steroid dienone is 1. The summed E-state index contributed by atoms with van der Waals surface area (Å²) >= 11 is 0. The third kappa shape index (κ3) is 1.48. The van der Waals surface area contributed by atoms with Gasteiger partial charge in [-0.25, -0.2) is 4.79 Å². The van der Waals surface area contributed by atoms with Gasteiger partial charge in [-0.3, -0.25) is 0 Å². The number of benzene rings is 1. The first-order valence-corrected chi connectivity index (χ1v) is 4.54. The number of carbonyl (C=O) groups is 1. The lowest BCUT2D eigenvalue weighted by molar-refractivity contribution is -0.138. The fourth-order valence-electron chi connectivity index (χ4n) is 1.63. The van der Waals surface area contributed by atoms with Gasteiger partial charge in [0.25, 0.3) is 0 Å². The van der Waals surface area contributed by atoms with E-state index >= 15 is 0 Å². The van der Waals surface area contributed by atoms with E-state index in [2.05, 4.69) is 0 Å². The van der Waals surface area contributed by atoms with Gasteiger partial charge in [0.05, 0.1) is 11.1 Å². The molecule has 0 saturated carbocycles. The molecule has 0 N–H and O–H groups in total. The largest absolute Gasteiger partial charge is 0.423 e. The summed E-state index contributed by atoms with van der Waals surface area (Å²) in [5, 5.41) is 0. The van der Waals surface area contributed by atoms with Gasteiger partial charge in [-0.05, 0) is 19.1 Å². The lowest BCUT2D eigenvalue weighted by Gasteiger charge is -2.08. The molecule has 84 valence electrons. The maximum Gasteiger partial charge on any atom is 0.417 e. The minimum atomic E-state index is -4.55. The molecule has 1 aliphatic rings. The predicted molar refractivity (Wildman–Crippen MR) is 50.5 cm³/mol. The van der Waals surface area contributed by atoms with Crippen LogP contribution in [0.2, 0.25) is 0 Å². The molecule has 1 aromatic rings. The Balaban J connectivity index is 2.71. The van der Waals surface area contributed by atoms with Crippen LogP contribution >= 0.6 is 0 Å². The van der Waals surface area contributed by atoms with Crippen molar-refractivity contribution >= 4 is 11.7 Å². The van der Waals surface area contributed by atoms with Gasteiger partial charge in [-0.15, -0.1) is 0 Å². The summed E-state index contributed by atoms with van der Waals surface area (Å²) in [5.41, 5.74) is -1.16. The number of hydrogen-bond donors (Lipinski definition) is 0. The first kappa shape index (κ1) is 10.7. The second kappa shape index (κ2) is 3.37. The van der Waals surface area contributed by atoms with E-state index in [1.807, 2.05) is 0 Å². The minimum absolute atomic E-state index is 0.172. The first-order chi connectivity index (χ1) is 7.45. The average molecular weight is 228 g/mol. The van der Waals surface area contributed by atoms with Crippen LogP contribution in [-0.2, 0) is 10.9 Å². The van der Waals surface area contributed by atoms with Gasteiger partial charge in [0.15, 0.2) is 0 Å². The summed E-state index contributed by atoms with van der Waals surface area (Å²) < 4.78 is 42.6. The van der Waals surface area contributed by atoms with Crippen molar-refractivity contribution < 1.29 is 22.7 Å².